The van der Waals surface area contributed by atoms with Gasteiger partial charge in [0.1, 0.15) is 6.61 Å². The van der Waals surface area contributed by atoms with Gasteiger partial charge < -0.3 is 14.8 Å². The summed E-state index contributed by atoms with van der Waals surface area (Å²) < 4.78 is 12.4. The average Bonchev–Trinajstić information content (AvgIpc) is 2.68. The molecular formula is C22H21BrClNO2. The minimum atomic E-state index is 0.426. The third-order valence-electron chi connectivity index (χ3n) is 4.10. The van der Waals surface area contributed by atoms with Crippen LogP contribution in [0, 0.1) is 0 Å². The zero-order valence-corrected chi connectivity index (χ0v) is 17.4. The summed E-state index contributed by atoms with van der Waals surface area (Å²) in [4.78, 5) is 0. The highest BCUT2D eigenvalue weighted by atomic mass is 79.9. The fourth-order valence-electron chi connectivity index (χ4n) is 2.71. The van der Waals surface area contributed by atoms with E-state index in [1.165, 1.54) is 5.56 Å². The molecule has 27 heavy (non-hydrogen) atoms. The predicted octanol–water partition coefficient (Wildman–Crippen LogP) is 5.98. The van der Waals surface area contributed by atoms with Gasteiger partial charge in [0.2, 0.25) is 0 Å². The van der Waals surface area contributed by atoms with Gasteiger partial charge in [0.25, 0.3) is 0 Å². The summed E-state index contributed by atoms with van der Waals surface area (Å²) in [5.74, 6) is 1.40. The number of methoxy groups -OCH3 is 1. The smallest absolute Gasteiger partial charge is 0.162 e. The van der Waals surface area contributed by atoms with Gasteiger partial charge in [0.05, 0.1) is 7.11 Å². The first-order valence-corrected chi connectivity index (χ1v) is 9.81. The Morgan fingerprint density at radius 3 is 2.41 bits per heavy atom. The lowest BCUT2D eigenvalue weighted by Crippen LogP contribution is -2.13. The van der Waals surface area contributed by atoms with Gasteiger partial charge in [0, 0.05) is 22.6 Å². The van der Waals surface area contributed by atoms with E-state index >= 15 is 0 Å². The molecule has 140 valence electrons. The quantitative estimate of drug-likeness (QED) is 0.462. The summed E-state index contributed by atoms with van der Waals surface area (Å²) in [5.41, 5.74) is 3.37. The predicted molar refractivity (Wildman–Crippen MR) is 113 cm³/mol. The molecule has 0 radical (unpaired) electrons. The molecule has 0 amide bonds. The largest absolute Gasteiger partial charge is 0.493 e. The normalized spacial score (nSPS) is 10.6. The maximum absolute atomic E-state index is 6.03. The summed E-state index contributed by atoms with van der Waals surface area (Å²) in [5, 5.41) is 4.15. The van der Waals surface area contributed by atoms with Gasteiger partial charge in [-0.05, 0) is 41.0 Å². The molecule has 1 N–H and O–H groups in total. The van der Waals surface area contributed by atoms with Crippen molar-refractivity contribution in [2.24, 2.45) is 0 Å². The van der Waals surface area contributed by atoms with Crippen molar-refractivity contribution in [1.29, 1.82) is 0 Å². The summed E-state index contributed by atoms with van der Waals surface area (Å²) in [7, 11) is 1.65. The lowest BCUT2D eigenvalue weighted by Gasteiger charge is -2.15. The number of hydrogen-bond donors (Lipinski definition) is 1. The Bertz CT molecular complexity index is 887. The van der Waals surface area contributed by atoms with Crippen LogP contribution in [0.1, 0.15) is 16.7 Å². The van der Waals surface area contributed by atoms with Crippen LogP contribution in [0.2, 0.25) is 5.02 Å². The second kappa shape index (κ2) is 9.79. The van der Waals surface area contributed by atoms with Crippen LogP contribution in [-0.4, -0.2) is 7.11 Å². The topological polar surface area (TPSA) is 30.5 Å². The number of benzene rings is 3. The summed E-state index contributed by atoms with van der Waals surface area (Å²) in [6.07, 6.45) is 0. The molecular weight excluding hydrogens is 426 g/mol. The molecule has 0 aliphatic rings. The molecule has 3 rings (SSSR count). The van der Waals surface area contributed by atoms with Crippen molar-refractivity contribution >= 4 is 27.5 Å². The van der Waals surface area contributed by atoms with E-state index in [1.54, 1.807) is 7.11 Å². The van der Waals surface area contributed by atoms with Gasteiger partial charge in [-0.2, -0.15) is 0 Å². The van der Waals surface area contributed by atoms with Crippen LogP contribution < -0.4 is 14.8 Å². The molecule has 5 heteroatoms. The highest BCUT2D eigenvalue weighted by Crippen LogP contribution is 2.34. The van der Waals surface area contributed by atoms with Crippen molar-refractivity contribution < 1.29 is 9.47 Å². The molecule has 3 aromatic rings. The standard InChI is InChI=1S/C22H21BrClNO2/c1-26-21-11-18(14-25-13-16-6-3-2-4-7-16)20(23)12-22(21)27-15-17-8-5-9-19(24)10-17/h2-12,25H,13-15H2,1H3. The maximum Gasteiger partial charge on any atom is 0.162 e. The van der Waals surface area contributed by atoms with Gasteiger partial charge in [-0.3, -0.25) is 0 Å². The van der Waals surface area contributed by atoms with Crippen molar-refractivity contribution in [2.45, 2.75) is 19.7 Å². The summed E-state index contributed by atoms with van der Waals surface area (Å²) in [6, 6.07) is 21.9. The van der Waals surface area contributed by atoms with E-state index < -0.39 is 0 Å². The van der Waals surface area contributed by atoms with E-state index in [2.05, 4.69) is 33.4 Å². The van der Waals surface area contributed by atoms with Crippen LogP contribution in [0.15, 0.2) is 71.2 Å². The van der Waals surface area contributed by atoms with Crippen LogP contribution in [0.3, 0.4) is 0 Å². The second-order valence-corrected chi connectivity index (χ2v) is 7.39. The Hall–Kier alpha value is -2.01. The fraction of sp³-hybridized carbons (Fsp3) is 0.182. The first-order chi connectivity index (χ1) is 13.2. The van der Waals surface area contributed by atoms with Gasteiger partial charge in [0.15, 0.2) is 11.5 Å². The monoisotopic (exact) mass is 445 g/mol. The van der Waals surface area contributed by atoms with Crippen molar-refractivity contribution in [3.63, 3.8) is 0 Å². The molecule has 3 nitrogen and oxygen atoms in total. The number of nitrogens with one attached hydrogen (secondary N) is 1. The summed E-state index contributed by atoms with van der Waals surface area (Å²) in [6.45, 7) is 1.96. The summed E-state index contributed by atoms with van der Waals surface area (Å²) >= 11 is 9.67. The SMILES string of the molecule is COc1cc(CNCc2ccccc2)c(Br)cc1OCc1cccc(Cl)c1. The molecule has 3 aromatic carbocycles. The number of rotatable bonds is 8. The zero-order valence-electron chi connectivity index (χ0n) is 15.0. The lowest BCUT2D eigenvalue weighted by molar-refractivity contribution is 0.284. The molecule has 0 heterocycles. The molecule has 0 aliphatic heterocycles. The number of halogens is 2. The highest BCUT2D eigenvalue weighted by Gasteiger charge is 2.11. The van der Waals surface area contributed by atoms with Gasteiger partial charge in [-0.15, -0.1) is 0 Å². The third kappa shape index (κ3) is 5.73. The van der Waals surface area contributed by atoms with Crippen molar-refractivity contribution in [3.05, 3.63) is 92.9 Å². The molecule has 0 atom stereocenters. The molecule has 0 unspecified atom stereocenters. The van der Waals surface area contributed by atoms with Gasteiger partial charge >= 0.3 is 0 Å². The van der Waals surface area contributed by atoms with E-state index in [4.69, 9.17) is 21.1 Å². The average molecular weight is 447 g/mol. The molecule has 0 saturated carbocycles. The highest BCUT2D eigenvalue weighted by molar-refractivity contribution is 9.10. The van der Waals surface area contributed by atoms with E-state index in [0.717, 1.165) is 28.7 Å². The first kappa shape index (κ1) is 19.7. The first-order valence-electron chi connectivity index (χ1n) is 8.64. The van der Waals surface area contributed by atoms with Gasteiger partial charge in [-0.25, -0.2) is 0 Å². The van der Waals surface area contributed by atoms with Crippen LogP contribution in [0.4, 0.5) is 0 Å². The van der Waals surface area contributed by atoms with E-state index in [-0.39, 0.29) is 0 Å². The molecule has 0 saturated heterocycles. The Morgan fingerprint density at radius 1 is 0.889 bits per heavy atom. The number of ether oxygens (including phenoxy) is 2. The Morgan fingerprint density at radius 2 is 1.67 bits per heavy atom. The maximum atomic E-state index is 6.03. The van der Waals surface area contributed by atoms with Gasteiger partial charge in [-0.1, -0.05) is 70.0 Å². The van der Waals surface area contributed by atoms with Crippen LogP contribution >= 0.6 is 27.5 Å². The van der Waals surface area contributed by atoms with E-state index in [1.807, 2.05) is 54.6 Å². The number of hydrogen-bond acceptors (Lipinski definition) is 3. The van der Waals surface area contributed by atoms with Crippen molar-refractivity contribution in [3.8, 4) is 11.5 Å². The fourth-order valence-corrected chi connectivity index (χ4v) is 3.39. The zero-order chi connectivity index (χ0) is 19.1. The molecule has 0 aliphatic carbocycles. The Kier molecular flexibility index (Phi) is 7.16. The molecule has 0 spiro atoms. The van der Waals surface area contributed by atoms with Crippen molar-refractivity contribution in [2.75, 3.05) is 7.11 Å². The molecule has 0 fully saturated rings. The molecule has 0 bridgehead atoms. The van der Waals surface area contributed by atoms with Crippen molar-refractivity contribution in [1.82, 2.24) is 5.32 Å². The Labute approximate surface area is 173 Å². The minimum Gasteiger partial charge on any atom is -0.493 e. The van der Waals surface area contributed by atoms with Crippen LogP contribution in [0.25, 0.3) is 0 Å². The van der Waals surface area contributed by atoms with Crippen LogP contribution in [0.5, 0.6) is 11.5 Å². The van der Waals surface area contributed by atoms with E-state index in [9.17, 15) is 0 Å². The lowest BCUT2D eigenvalue weighted by atomic mass is 10.2. The minimum absolute atomic E-state index is 0.426. The second-order valence-electron chi connectivity index (χ2n) is 6.10. The molecule has 0 aromatic heterocycles. The van der Waals surface area contributed by atoms with Crippen LogP contribution in [-0.2, 0) is 19.7 Å². The Balaban J connectivity index is 1.65. The van der Waals surface area contributed by atoms with E-state index in [0.29, 0.717) is 23.1 Å². The third-order valence-corrected chi connectivity index (χ3v) is 5.08.